The normalized spacial score (nSPS) is 14.4. The quantitative estimate of drug-likeness (QED) is 0.625. The van der Waals surface area contributed by atoms with Crippen LogP contribution in [-0.4, -0.2) is 52.0 Å². The van der Waals surface area contributed by atoms with E-state index in [1.54, 1.807) is 4.68 Å². The lowest BCUT2D eigenvalue weighted by Gasteiger charge is -2.36. The van der Waals surface area contributed by atoms with E-state index in [0.717, 1.165) is 28.9 Å². The fraction of sp³-hybridized carbons (Fsp3) is 0.286. The summed E-state index contributed by atoms with van der Waals surface area (Å²) in [4.78, 5) is 17.2. The first-order chi connectivity index (χ1) is 13.5. The van der Waals surface area contributed by atoms with E-state index in [1.165, 1.54) is 11.3 Å². The van der Waals surface area contributed by atoms with Crippen LogP contribution in [0.15, 0.2) is 53.0 Å². The van der Waals surface area contributed by atoms with Gasteiger partial charge in [0.1, 0.15) is 0 Å². The van der Waals surface area contributed by atoms with Gasteiger partial charge in [-0.25, -0.2) is 4.68 Å². The van der Waals surface area contributed by atoms with Crippen LogP contribution in [0, 0.1) is 13.8 Å². The number of carbonyl (C=O) groups excluding carboxylic acids is 1. The molecule has 0 atom stereocenters. The van der Waals surface area contributed by atoms with Crippen molar-refractivity contribution in [2.75, 3.05) is 31.1 Å². The molecule has 0 aliphatic carbocycles. The lowest BCUT2D eigenvalue weighted by atomic mass is 10.2. The van der Waals surface area contributed by atoms with E-state index in [1.807, 2.05) is 36.1 Å². The van der Waals surface area contributed by atoms with Crippen LogP contribution < -0.4 is 4.90 Å². The van der Waals surface area contributed by atoms with Crippen molar-refractivity contribution in [1.29, 1.82) is 0 Å². The summed E-state index contributed by atoms with van der Waals surface area (Å²) in [5.74, 6) is -0.0512. The molecule has 1 amide bonds. The molecule has 2 heterocycles. The van der Waals surface area contributed by atoms with E-state index in [0.29, 0.717) is 18.8 Å². The summed E-state index contributed by atoms with van der Waals surface area (Å²) in [5.41, 5.74) is 4.53. The molecule has 1 aliphatic rings. The van der Waals surface area contributed by atoms with Gasteiger partial charge in [0.25, 0.3) is 5.91 Å². The van der Waals surface area contributed by atoms with Gasteiger partial charge in [-0.1, -0.05) is 33.3 Å². The number of piperazine rings is 1. The Morgan fingerprint density at radius 2 is 1.68 bits per heavy atom. The highest BCUT2D eigenvalue weighted by molar-refractivity contribution is 9.10. The van der Waals surface area contributed by atoms with E-state index >= 15 is 0 Å². The molecule has 0 spiro atoms. The van der Waals surface area contributed by atoms with Gasteiger partial charge < -0.3 is 9.80 Å². The number of benzene rings is 2. The summed E-state index contributed by atoms with van der Waals surface area (Å²) in [5, 5.41) is 8.37. The Balaban J connectivity index is 1.46. The molecule has 4 rings (SSSR count). The maximum absolute atomic E-state index is 13.0. The van der Waals surface area contributed by atoms with Gasteiger partial charge in [0.15, 0.2) is 5.69 Å². The number of carbonyl (C=O) groups is 1. The van der Waals surface area contributed by atoms with Crippen LogP contribution in [0.1, 0.15) is 21.7 Å². The van der Waals surface area contributed by atoms with Gasteiger partial charge in [-0.15, -0.1) is 5.10 Å². The molecule has 0 bridgehead atoms. The molecule has 0 unspecified atom stereocenters. The molecular formula is C21H22BrN5O. The van der Waals surface area contributed by atoms with Crippen molar-refractivity contribution in [1.82, 2.24) is 19.9 Å². The second-order valence-electron chi connectivity index (χ2n) is 7.03. The van der Waals surface area contributed by atoms with Crippen molar-refractivity contribution in [2.45, 2.75) is 13.8 Å². The van der Waals surface area contributed by atoms with Crippen LogP contribution in [0.4, 0.5) is 5.69 Å². The molecule has 3 aromatic rings. The lowest BCUT2D eigenvalue weighted by Crippen LogP contribution is -2.49. The largest absolute Gasteiger partial charge is 0.368 e. The summed E-state index contributed by atoms with van der Waals surface area (Å²) >= 11 is 3.43. The molecule has 1 fully saturated rings. The van der Waals surface area contributed by atoms with Gasteiger partial charge in [0.05, 0.1) is 11.4 Å². The van der Waals surface area contributed by atoms with Crippen LogP contribution >= 0.6 is 15.9 Å². The number of hydrogen-bond acceptors (Lipinski definition) is 4. The monoisotopic (exact) mass is 439 g/mol. The number of amides is 1. The first kappa shape index (κ1) is 18.7. The molecule has 7 heteroatoms. The second-order valence-corrected chi connectivity index (χ2v) is 7.95. The lowest BCUT2D eigenvalue weighted by molar-refractivity contribution is 0.0740. The highest BCUT2D eigenvalue weighted by atomic mass is 79.9. The Kier molecular flexibility index (Phi) is 5.17. The van der Waals surface area contributed by atoms with E-state index in [9.17, 15) is 4.79 Å². The van der Waals surface area contributed by atoms with Crippen molar-refractivity contribution in [3.63, 3.8) is 0 Å². The first-order valence-corrected chi connectivity index (χ1v) is 10.1. The third-order valence-corrected chi connectivity index (χ3v) is 5.63. The fourth-order valence-electron chi connectivity index (χ4n) is 3.50. The van der Waals surface area contributed by atoms with E-state index < -0.39 is 0 Å². The molecule has 0 saturated carbocycles. The summed E-state index contributed by atoms with van der Waals surface area (Å²) in [6.45, 7) is 6.97. The van der Waals surface area contributed by atoms with Gasteiger partial charge in [-0.05, 0) is 55.8 Å². The van der Waals surface area contributed by atoms with Gasteiger partial charge >= 0.3 is 0 Å². The Morgan fingerprint density at radius 3 is 2.36 bits per heavy atom. The maximum Gasteiger partial charge on any atom is 0.276 e. The van der Waals surface area contributed by atoms with Gasteiger partial charge in [-0.2, -0.15) is 0 Å². The minimum Gasteiger partial charge on any atom is -0.368 e. The third-order valence-electron chi connectivity index (χ3n) is 5.10. The molecule has 1 aromatic heterocycles. The number of aromatic nitrogens is 3. The van der Waals surface area contributed by atoms with Crippen molar-refractivity contribution in [3.8, 4) is 5.69 Å². The summed E-state index contributed by atoms with van der Waals surface area (Å²) in [6, 6.07) is 16.3. The van der Waals surface area contributed by atoms with Crippen molar-refractivity contribution in [3.05, 3.63) is 70.0 Å². The minimum atomic E-state index is -0.0512. The van der Waals surface area contributed by atoms with Crippen LogP contribution in [0.3, 0.4) is 0 Å². The van der Waals surface area contributed by atoms with Crippen molar-refractivity contribution in [2.24, 2.45) is 0 Å². The number of anilines is 1. The molecule has 0 radical (unpaired) electrons. The molecule has 1 aliphatic heterocycles. The molecule has 0 N–H and O–H groups in total. The van der Waals surface area contributed by atoms with Gasteiger partial charge in [0.2, 0.25) is 0 Å². The maximum atomic E-state index is 13.0. The van der Waals surface area contributed by atoms with E-state index in [-0.39, 0.29) is 5.91 Å². The smallest absolute Gasteiger partial charge is 0.276 e. The highest BCUT2D eigenvalue weighted by Crippen LogP contribution is 2.20. The third kappa shape index (κ3) is 3.67. The number of hydrogen-bond donors (Lipinski definition) is 0. The van der Waals surface area contributed by atoms with Crippen molar-refractivity contribution >= 4 is 27.5 Å². The van der Waals surface area contributed by atoms with E-state index in [2.05, 4.69) is 62.3 Å². The average molecular weight is 440 g/mol. The summed E-state index contributed by atoms with van der Waals surface area (Å²) in [6.07, 6.45) is 0. The molecule has 2 aromatic carbocycles. The predicted octanol–water partition coefficient (Wildman–Crippen LogP) is 3.61. The minimum absolute atomic E-state index is 0.0512. The highest BCUT2D eigenvalue weighted by Gasteiger charge is 2.26. The molecular weight excluding hydrogens is 418 g/mol. The van der Waals surface area contributed by atoms with Crippen LogP contribution in [0.25, 0.3) is 5.69 Å². The Morgan fingerprint density at radius 1 is 0.964 bits per heavy atom. The Labute approximate surface area is 172 Å². The van der Waals surface area contributed by atoms with Crippen LogP contribution in [-0.2, 0) is 0 Å². The van der Waals surface area contributed by atoms with Crippen LogP contribution in [0.5, 0.6) is 0 Å². The van der Waals surface area contributed by atoms with Gasteiger partial charge in [-0.3, -0.25) is 4.79 Å². The Bertz CT molecular complexity index is 990. The number of nitrogens with zero attached hydrogens (tertiary/aromatic N) is 5. The standard InChI is InChI=1S/C21H22BrN5O/c1-15-4-3-5-19(14-15)25-10-12-26(13-11-25)21(28)20-16(2)27(24-23-20)18-8-6-17(22)7-9-18/h3-9,14H,10-13H2,1-2H3. The van der Waals surface area contributed by atoms with Gasteiger partial charge in [0, 0.05) is 36.3 Å². The SMILES string of the molecule is Cc1cccc(N2CCN(C(=O)c3nnn(-c4ccc(Br)cc4)c3C)CC2)c1. The Hall–Kier alpha value is -2.67. The van der Waals surface area contributed by atoms with E-state index in [4.69, 9.17) is 0 Å². The topological polar surface area (TPSA) is 54.3 Å². The van der Waals surface area contributed by atoms with Crippen molar-refractivity contribution < 1.29 is 4.79 Å². The fourth-order valence-corrected chi connectivity index (χ4v) is 3.76. The second kappa shape index (κ2) is 7.75. The average Bonchev–Trinajstić information content (AvgIpc) is 3.09. The zero-order chi connectivity index (χ0) is 19.7. The predicted molar refractivity (Wildman–Crippen MR) is 113 cm³/mol. The summed E-state index contributed by atoms with van der Waals surface area (Å²) < 4.78 is 2.71. The number of rotatable bonds is 3. The molecule has 28 heavy (non-hydrogen) atoms. The zero-order valence-corrected chi connectivity index (χ0v) is 17.6. The molecule has 144 valence electrons. The first-order valence-electron chi connectivity index (χ1n) is 9.32. The molecule has 6 nitrogen and oxygen atoms in total. The van der Waals surface area contributed by atoms with Crippen LogP contribution in [0.2, 0.25) is 0 Å². The summed E-state index contributed by atoms with van der Waals surface area (Å²) in [7, 11) is 0. The zero-order valence-electron chi connectivity index (χ0n) is 16.0. The number of aryl methyl sites for hydroxylation is 1. The molecule has 1 saturated heterocycles. The number of halogens is 1.